The van der Waals surface area contributed by atoms with Crippen molar-refractivity contribution in [2.24, 2.45) is 0 Å². The first-order valence-corrected chi connectivity index (χ1v) is 7.34. The normalized spacial score (nSPS) is 14.8. The van der Waals surface area contributed by atoms with Crippen LogP contribution in [0, 0.1) is 11.6 Å². The van der Waals surface area contributed by atoms with Crippen molar-refractivity contribution in [2.45, 2.75) is 39.0 Å². The van der Waals surface area contributed by atoms with Crippen LogP contribution in [-0.2, 0) is 12.8 Å². The molecule has 0 amide bonds. The van der Waals surface area contributed by atoms with Gasteiger partial charge in [0.1, 0.15) is 10.5 Å². The van der Waals surface area contributed by atoms with Gasteiger partial charge in [-0.25, -0.2) is 4.98 Å². The molecule has 1 aromatic heterocycles. The molecule has 3 heteroatoms. The second-order valence-corrected chi connectivity index (χ2v) is 5.66. The van der Waals surface area contributed by atoms with E-state index in [0.717, 1.165) is 28.9 Å². The minimum absolute atomic E-state index is 0.784. The molecule has 1 aromatic carbocycles. The van der Waals surface area contributed by atoms with Gasteiger partial charge in [0.2, 0.25) is 0 Å². The second kappa shape index (κ2) is 5.25. The van der Waals surface area contributed by atoms with E-state index in [9.17, 15) is 0 Å². The second-order valence-electron chi connectivity index (χ2n) is 5.27. The summed E-state index contributed by atoms with van der Waals surface area (Å²) in [5.74, 6) is 0.908. The zero-order valence-electron chi connectivity index (χ0n) is 11.2. The fourth-order valence-corrected chi connectivity index (χ4v) is 2.96. The van der Waals surface area contributed by atoms with Crippen molar-refractivity contribution >= 4 is 12.2 Å². The molecule has 1 heterocycles. The van der Waals surface area contributed by atoms with Crippen molar-refractivity contribution in [2.75, 3.05) is 0 Å². The third kappa shape index (κ3) is 2.61. The molecule has 0 atom stereocenters. The number of benzene rings is 1. The predicted octanol–water partition coefficient (Wildman–Crippen LogP) is 4.38. The van der Waals surface area contributed by atoms with Gasteiger partial charge in [-0.05, 0) is 32.6 Å². The van der Waals surface area contributed by atoms with Gasteiger partial charge in [0.25, 0.3) is 0 Å². The van der Waals surface area contributed by atoms with Crippen LogP contribution in [0.5, 0.6) is 0 Å². The number of hydrogen-bond donors (Lipinski definition) is 1. The number of nitrogens with zero attached hydrogens (tertiary/aromatic N) is 1. The van der Waals surface area contributed by atoms with Crippen LogP contribution in [0.15, 0.2) is 24.3 Å². The summed E-state index contributed by atoms with van der Waals surface area (Å²) < 4.78 is 0.784. The number of nitrogens with one attached hydrogen (secondary N) is 1. The van der Waals surface area contributed by atoms with Crippen molar-refractivity contribution in [1.29, 1.82) is 0 Å². The molecule has 19 heavy (non-hydrogen) atoms. The van der Waals surface area contributed by atoms with Crippen molar-refractivity contribution in [3.05, 3.63) is 45.7 Å². The molecule has 0 radical (unpaired) electrons. The summed E-state index contributed by atoms with van der Waals surface area (Å²) in [4.78, 5) is 8.09. The van der Waals surface area contributed by atoms with Gasteiger partial charge in [-0.3, -0.25) is 0 Å². The molecule has 1 N–H and O–H groups in total. The van der Waals surface area contributed by atoms with E-state index in [0.29, 0.717) is 0 Å². The zero-order chi connectivity index (χ0) is 13.2. The molecule has 1 aliphatic carbocycles. The summed E-state index contributed by atoms with van der Waals surface area (Å²) in [6.07, 6.45) is 5.94. The van der Waals surface area contributed by atoms with Gasteiger partial charge in [0, 0.05) is 16.8 Å². The van der Waals surface area contributed by atoms with E-state index < -0.39 is 0 Å². The first-order valence-electron chi connectivity index (χ1n) is 6.93. The van der Waals surface area contributed by atoms with E-state index in [2.05, 4.69) is 41.2 Å². The fourth-order valence-electron chi connectivity index (χ4n) is 2.64. The molecular formula is C16H18N2S. The standard InChI is InChI=1S/C16H18N2S/c1-11-7-9-12(10-8-11)15-17-14-6-4-2-3-5-13(14)16(19)18-15/h7-10H,2-6H2,1H3,(H,17,18,19). The molecule has 0 fully saturated rings. The Balaban J connectivity index is 2.08. The fraction of sp³-hybridized carbons (Fsp3) is 0.375. The molecule has 0 spiro atoms. The van der Waals surface area contributed by atoms with Crippen LogP contribution in [0.4, 0.5) is 0 Å². The Kier molecular flexibility index (Phi) is 3.47. The highest BCUT2D eigenvalue weighted by molar-refractivity contribution is 7.71. The maximum absolute atomic E-state index is 5.48. The number of aryl methyl sites for hydroxylation is 2. The topological polar surface area (TPSA) is 28.7 Å². The first kappa shape index (κ1) is 12.5. The van der Waals surface area contributed by atoms with Crippen molar-refractivity contribution in [3.63, 3.8) is 0 Å². The van der Waals surface area contributed by atoms with Crippen LogP contribution >= 0.6 is 12.2 Å². The number of H-pyrrole nitrogens is 1. The number of fused-ring (bicyclic) bond motifs is 1. The predicted molar refractivity (Wildman–Crippen MR) is 80.9 cm³/mol. The molecule has 0 saturated heterocycles. The highest BCUT2D eigenvalue weighted by Crippen LogP contribution is 2.23. The Morgan fingerprint density at radius 2 is 1.79 bits per heavy atom. The molecule has 2 nitrogen and oxygen atoms in total. The van der Waals surface area contributed by atoms with Crippen LogP contribution < -0.4 is 0 Å². The number of rotatable bonds is 1. The van der Waals surface area contributed by atoms with Gasteiger partial charge in [0.05, 0.1) is 0 Å². The Labute approximate surface area is 118 Å². The van der Waals surface area contributed by atoms with E-state index in [1.165, 1.54) is 36.1 Å². The first-order chi connectivity index (χ1) is 9.24. The van der Waals surface area contributed by atoms with Crippen LogP contribution in [0.3, 0.4) is 0 Å². The molecular weight excluding hydrogens is 252 g/mol. The van der Waals surface area contributed by atoms with Crippen molar-refractivity contribution in [3.8, 4) is 11.4 Å². The number of aromatic nitrogens is 2. The molecule has 0 aliphatic heterocycles. The minimum Gasteiger partial charge on any atom is -0.343 e. The maximum Gasteiger partial charge on any atom is 0.139 e. The van der Waals surface area contributed by atoms with E-state index in [-0.39, 0.29) is 0 Å². The van der Waals surface area contributed by atoms with Crippen LogP contribution in [0.1, 0.15) is 36.1 Å². The summed E-state index contributed by atoms with van der Waals surface area (Å²) in [5.41, 5.74) is 4.94. The molecule has 2 aromatic rings. The average molecular weight is 270 g/mol. The third-order valence-corrected chi connectivity index (χ3v) is 4.12. The maximum atomic E-state index is 5.48. The van der Waals surface area contributed by atoms with Crippen molar-refractivity contribution < 1.29 is 0 Å². The average Bonchev–Trinajstić information content (AvgIpc) is 2.65. The zero-order valence-corrected chi connectivity index (χ0v) is 12.0. The van der Waals surface area contributed by atoms with Crippen LogP contribution in [0.25, 0.3) is 11.4 Å². The number of aromatic amines is 1. The van der Waals surface area contributed by atoms with E-state index in [4.69, 9.17) is 12.2 Å². The van der Waals surface area contributed by atoms with Crippen LogP contribution in [-0.4, -0.2) is 9.97 Å². The largest absolute Gasteiger partial charge is 0.343 e. The molecule has 0 unspecified atom stereocenters. The lowest BCUT2D eigenvalue weighted by atomic mass is 10.1. The summed E-state index contributed by atoms with van der Waals surface area (Å²) >= 11 is 5.48. The van der Waals surface area contributed by atoms with Gasteiger partial charge in [0.15, 0.2) is 0 Å². The van der Waals surface area contributed by atoms with Gasteiger partial charge < -0.3 is 4.98 Å². The SMILES string of the molecule is Cc1ccc(-c2nc(=S)c3c([nH]2)CCCCC3)cc1. The smallest absolute Gasteiger partial charge is 0.139 e. The van der Waals surface area contributed by atoms with Gasteiger partial charge in [-0.15, -0.1) is 0 Å². The van der Waals surface area contributed by atoms with E-state index >= 15 is 0 Å². The van der Waals surface area contributed by atoms with Gasteiger partial charge in [-0.2, -0.15) is 0 Å². The summed E-state index contributed by atoms with van der Waals surface area (Å²) in [7, 11) is 0. The number of hydrogen-bond acceptors (Lipinski definition) is 2. The van der Waals surface area contributed by atoms with Crippen LogP contribution in [0.2, 0.25) is 0 Å². The Morgan fingerprint density at radius 3 is 2.58 bits per heavy atom. The monoisotopic (exact) mass is 270 g/mol. The quantitative estimate of drug-likeness (QED) is 0.615. The molecule has 98 valence electrons. The van der Waals surface area contributed by atoms with E-state index in [1.807, 2.05) is 0 Å². The lowest BCUT2D eigenvalue weighted by Crippen LogP contribution is -2.01. The van der Waals surface area contributed by atoms with E-state index in [1.54, 1.807) is 0 Å². The third-order valence-electron chi connectivity index (χ3n) is 3.78. The Bertz CT molecular complexity index is 641. The molecule has 0 saturated carbocycles. The summed E-state index contributed by atoms with van der Waals surface area (Å²) in [5, 5.41) is 0. The molecule has 1 aliphatic rings. The van der Waals surface area contributed by atoms with Crippen molar-refractivity contribution in [1.82, 2.24) is 9.97 Å². The lowest BCUT2D eigenvalue weighted by molar-refractivity contribution is 0.708. The Morgan fingerprint density at radius 1 is 1.05 bits per heavy atom. The highest BCUT2D eigenvalue weighted by atomic mass is 32.1. The molecule has 3 rings (SSSR count). The lowest BCUT2D eigenvalue weighted by Gasteiger charge is -2.09. The Hall–Kier alpha value is -1.48. The minimum atomic E-state index is 0.784. The van der Waals surface area contributed by atoms with Gasteiger partial charge in [-0.1, -0.05) is 48.5 Å². The summed E-state index contributed by atoms with van der Waals surface area (Å²) in [6, 6.07) is 8.43. The summed E-state index contributed by atoms with van der Waals surface area (Å²) in [6.45, 7) is 2.09. The molecule has 0 bridgehead atoms. The highest BCUT2D eigenvalue weighted by Gasteiger charge is 2.12. The van der Waals surface area contributed by atoms with Gasteiger partial charge >= 0.3 is 0 Å².